The maximum atomic E-state index is 6.07. The molecule has 0 bridgehead atoms. The summed E-state index contributed by atoms with van der Waals surface area (Å²) in [5, 5.41) is 0. The van der Waals surface area contributed by atoms with Crippen LogP contribution >= 0.6 is 22.6 Å². The lowest BCUT2D eigenvalue weighted by atomic mass is 9.91. The van der Waals surface area contributed by atoms with Crippen molar-refractivity contribution >= 4 is 28.4 Å². The Bertz CT molecular complexity index is 637. The van der Waals surface area contributed by atoms with Gasteiger partial charge in [0.05, 0.1) is 9.26 Å². The predicted molar refractivity (Wildman–Crippen MR) is 92.8 cm³/mol. The molecule has 0 saturated carbocycles. The van der Waals surface area contributed by atoms with Gasteiger partial charge in [0, 0.05) is 11.0 Å². The second-order valence-corrected chi connectivity index (χ2v) is 7.30. The number of nitrogens with two attached hydrogens (primary N) is 1. The maximum Gasteiger partial charge on any atom is 0.161 e. The minimum atomic E-state index is -0.0544. The number of nitrogen functional groups attached to an aromatic ring is 1. The first-order chi connectivity index (χ1) is 9.18. The Hall–Kier alpha value is -1.17. The Morgan fingerprint density at radius 1 is 1.00 bits per heavy atom. The molecule has 2 aromatic rings. The Morgan fingerprint density at radius 2 is 1.55 bits per heavy atom. The van der Waals surface area contributed by atoms with E-state index < -0.39 is 0 Å². The normalized spacial score (nSPS) is 11.7. The van der Waals surface area contributed by atoms with Gasteiger partial charge in [0.2, 0.25) is 0 Å². The molecule has 0 aliphatic carbocycles. The van der Waals surface area contributed by atoms with Crippen LogP contribution in [0.2, 0.25) is 0 Å². The third-order valence-electron chi connectivity index (χ3n) is 3.07. The van der Waals surface area contributed by atoms with E-state index in [1.807, 2.05) is 0 Å². The summed E-state index contributed by atoms with van der Waals surface area (Å²) in [5.74, 6) is 1.26. The molecule has 0 spiro atoms. The first kappa shape index (κ1) is 15.2. The molecule has 3 nitrogen and oxygen atoms in total. The molecule has 106 valence electrons. The summed E-state index contributed by atoms with van der Waals surface area (Å²) < 4.78 is 0.947. The average molecular weight is 381 g/mol. The van der Waals surface area contributed by atoms with E-state index in [0.29, 0.717) is 11.6 Å². The van der Waals surface area contributed by atoms with Crippen molar-refractivity contribution in [1.29, 1.82) is 0 Å². The van der Waals surface area contributed by atoms with Gasteiger partial charge in [0.25, 0.3) is 0 Å². The number of hydrogen-bond acceptors (Lipinski definition) is 3. The zero-order valence-electron chi connectivity index (χ0n) is 12.6. The summed E-state index contributed by atoms with van der Waals surface area (Å²) in [6, 6.07) is 6.34. The maximum absolute atomic E-state index is 6.07. The fourth-order valence-corrected chi connectivity index (χ4v) is 3.24. The number of rotatable bonds is 1. The summed E-state index contributed by atoms with van der Waals surface area (Å²) in [7, 11) is 0. The van der Waals surface area contributed by atoms with Gasteiger partial charge in [0.1, 0.15) is 5.82 Å². The van der Waals surface area contributed by atoms with Gasteiger partial charge in [-0.05, 0) is 48.6 Å². The van der Waals surface area contributed by atoms with Crippen molar-refractivity contribution in [3.63, 3.8) is 0 Å². The lowest BCUT2D eigenvalue weighted by Crippen LogP contribution is -2.18. The number of aromatic nitrogens is 2. The van der Waals surface area contributed by atoms with E-state index in [1.165, 1.54) is 11.1 Å². The van der Waals surface area contributed by atoms with E-state index in [0.717, 1.165) is 14.8 Å². The first-order valence-corrected chi connectivity index (χ1v) is 7.68. The van der Waals surface area contributed by atoms with Gasteiger partial charge >= 0.3 is 0 Å². The fourth-order valence-electron chi connectivity index (χ4n) is 2.19. The summed E-state index contributed by atoms with van der Waals surface area (Å²) in [6.45, 7) is 10.6. The largest absolute Gasteiger partial charge is 0.383 e. The molecule has 0 fully saturated rings. The van der Waals surface area contributed by atoms with Crippen LogP contribution in [0.5, 0.6) is 0 Å². The molecule has 0 saturated heterocycles. The van der Waals surface area contributed by atoms with E-state index in [2.05, 4.69) is 80.4 Å². The van der Waals surface area contributed by atoms with Crippen LogP contribution in [-0.2, 0) is 5.41 Å². The first-order valence-electron chi connectivity index (χ1n) is 6.60. The van der Waals surface area contributed by atoms with E-state index >= 15 is 0 Å². The quantitative estimate of drug-likeness (QED) is 0.752. The molecule has 0 amide bonds. The van der Waals surface area contributed by atoms with Crippen LogP contribution in [0.15, 0.2) is 18.2 Å². The minimum Gasteiger partial charge on any atom is -0.383 e. The van der Waals surface area contributed by atoms with Gasteiger partial charge in [-0.1, -0.05) is 38.0 Å². The third-order valence-corrected chi connectivity index (χ3v) is 4.13. The standard InChI is InChI=1S/C16H20IN3/c1-9-6-10(2)8-11(7-9)15-19-13(16(3,4)5)12(17)14(18)20-15/h6-8H,1-5H3,(H2,18,19,20). The van der Waals surface area contributed by atoms with Crippen molar-refractivity contribution in [2.75, 3.05) is 5.73 Å². The van der Waals surface area contributed by atoms with Gasteiger partial charge in [-0.3, -0.25) is 0 Å². The van der Waals surface area contributed by atoms with Crippen LogP contribution in [0, 0.1) is 17.4 Å². The second kappa shape index (κ2) is 5.31. The highest BCUT2D eigenvalue weighted by Crippen LogP contribution is 2.30. The molecule has 0 unspecified atom stereocenters. The molecule has 1 aromatic carbocycles. The van der Waals surface area contributed by atoms with Crippen LogP contribution in [0.1, 0.15) is 37.6 Å². The smallest absolute Gasteiger partial charge is 0.161 e. The fraction of sp³-hybridized carbons (Fsp3) is 0.375. The van der Waals surface area contributed by atoms with Crippen LogP contribution in [0.25, 0.3) is 11.4 Å². The highest BCUT2D eigenvalue weighted by atomic mass is 127. The predicted octanol–water partition coefficient (Wildman–Crippen LogP) is 4.24. The summed E-state index contributed by atoms with van der Waals surface area (Å²) >= 11 is 2.23. The minimum absolute atomic E-state index is 0.0544. The SMILES string of the molecule is Cc1cc(C)cc(-c2nc(N)c(I)c(C(C)(C)C)n2)c1. The molecule has 2 N–H and O–H groups in total. The van der Waals surface area contributed by atoms with Crippen molar-refractivity contribution in [2.24, 2.45) is 0 Å². The Balaban J connectivity index is 2.67. The number of halogens is 1. The van der Waals surface area contributed by atoms with Crippen LogP contribution in [0.4, 0.5) is 5.82 Å². The molecule has 0 atom stereocenters. The van der Waals surface area contributed by atoms with Crippen molar-refractivity contribution in [1.82, 2.24) is 9.97 Å². The average Bonchev–Trinajstić information content (AvgIpc) is 2.29. The van der Waals surface area contributed by atoms with Crippen LogP contribution in [0.3, 0.4) is 0 Å². The summed E-state index contributed by atoms with van der Waals surface area (Å²) in [4.78, 5) is 9.22. The molecule has 2 rings (SSSR count). The zero-order chi connectivity index (χ0) is 15.1. The Morgan fingerprint density at radius 3 is 2.05 bits per heavy atom. The van der Waals surface area contributed by atoms with Gasteiger partial charge < -0.3 is 5.73 Å². The summed E-state index contributed by atoms with van der Waals surface area (Å²) in [6.07, 6.45) is 0. The Labute approximate surface area is 134 Å². The number of nitrogens with zero attached hydrogens (tertiary/aromatic N) is 2. The van der Waals surface area contributed by atoms with Gasteiger partial charge in [0.15, 0.2) is 5.82 Å². The van der Waals surface area contributed by atoms with Crippen LogP contribution < -0.4 is 5.73 Å². The molecule has 1 aromatic heterocycles. The number of aryl methyl sites for hydroxylation is 2. The lowest BCUT2D eigenvalue weighted by molar-refractivity contribution is 0.564. The zero-order valence-corrected chi connectivity index (χ0v) is 14.7. The molecule has 0 aliphatic rings. The van der Waals surface area contributed by atoms with Crippen molar-refractivity contribution < 1.29 is 0 Å². The molecular formula is C16H20IN3. The van der Waals surface area contributed by atoms with Crippen molar-refractivity contribution in [3.8, 4) is 11.4 Å². The van der Waals surface area contributed by atoms with Crippen molar-refractivity contribution in [3.05, 3.63) is 38.6 Å². The highest BCUT2D eigenvalue weighted by Gasteiger charge is 2.22. The molecule has 0 aliphatic heterocycles. The van der Waals surface area contributed by atoms with Crippen LogP contribution in [-0.4, -0.2) is 9.97 Å². The van der Waals surface area contributed by atoms with Gasteiger partial charge in [-0.25, -0.2) is 9.97 Å². The van der Waals surface area contributed by atoms with E-state index in [1.54, 1.807) is 0 Å². The number of hydrogen-bond donors (Lipinski definition) is 1. The number of benzene rings is 1. The van der Waals surface area contributed by atoms with Gasteiger partial charge in [-0.15, -0.1) is 0 Å². The molecule has 4 heteroatoms. The molecule has 0 radical (unpaired) electrons. The van der Waals surface area contributed by atoms with E-state index in [4.69, 9.17) is 10.7 Å². The van der Waals surface area contributed by atoms with E-state index in [-0.39, 0.29) is 5.41 Å². The van der Waals surface area contributed by atoms with Gasteiger partial charge in [-0.2, -0.15) is 0 Å². The summed E-state index contributed by atoms with van der Waals surface area (Å²) in [5.41, 5.74) is 10.5. The highest BCUT2D eigenvalue weighted by molar-refractivity contribution is 14.1. The molecule has 1 heterocycles. The topological polar surface area (TPSA) is 51.8 Å². The lowest BCUT2D eigenvalue weighted by Gasteiger charge is -2.21. The second-order valence-electron chi connectivity index (χ2n) is 6.22. The Kier molecular flexibility index (Phi) is 4.04. The molecule has 20 heavy (non-hydrogen) atoms. The molecular weight excluding hydrogens is 361 g/mol. The monoisotopic (exact) mass is 381 g/mol. The van der Waals surface area contributed by atoms with E-state index in [9.17, 15) is 0 Å². The third kappa shape index (κ3) is 3.11. The van der Waals surface area contributed by atoms with Crippen molar-refractivity contribution in [2.45, 2.75) is 40.0 Å². The number of anilines is 1.